The van der Waals surface area contributed by atoms with Crippen LogP contribution in [0.25, 0.3) is 0 Å². The molecule has 0 amide bonds. The van der Waals surface area contributed by atoms with E-state index in [2.05, 4.69) is 21.2 Å². The fraction of sp³-hybridized carbons (Fsp3) is 0.214. The summed E-state index contributed by atoms with van der Waals surface area (Å²) in [4.78, 5) is 12.5. The number of carbonyl (C=O) groups excluding carboxylic acids is 1. The van der Waals surface area contributed by atoms with Crippen molar-refractivity contribution in [3.8, 4) is 0 Å². The quantitative estimate of drug-likeness (QED) is 0.778. The van der Waals surface area contributed by atoms with Gasteiger partial charge in [-0.05, 0) is 58.1 Å². The lowest BCUT2D eigenvalue weighted by Gasteiger charge is -2.21. The first-order chi connectivity index (χ1) is 9.06. The van der Waals surface area contributed by atoms with Crippen LogP contribution < -0.4 is 5.32 Å². The van der Waals surface area contributed by atoms with Crippen molar-refractivity contribution in [2.45, 2.75) is 18.9 Å². The van der Waals surface area contributed by atoms with E-state index < -0.39 is 11.9 Å². The van der Waals surface area contributed by atoms with E-state index in [4.69, 9.17) is 11.6 Å². The molecule has 0 radical (unpaired) electrons. The Bertz CT molecular complexity index is 639. The Morgan fingerprint density at radius 2 is 2.16 bits per heavy atom. The van der Waals surface area contributed by atoms with Gasteiger partial charge < -0.3 is 5.32 Å². The number of fused-ring (bicyclic) bond motifs is 2. The monoisotopic (exact) mass is 341 g/mol. The molecule has 1 N–H and O–H groups in total. The molecule has 3 rings (SSSR count). The molecule has 1 aliphatic heterocycles. The molecule has 1 unspecified atom stereocenters. The van der Waals surface area contributed by atoms with E-state index in [0.29, 0.717) is 23.4 Å². The smallest absolute Gasteiger partial charge is 0.192 e. The van der Waals surface area contributed by atoms with Crippen molar-refractivity contribution in [3.05, 3.63) is 56.4 Å². The summed E-state index contributed by atoms with van der Waals surface area (Å²) < 4.78 is 14.9. The van der Waals surface area contributed by atoms with Gasteiger partial charge in [-0.2, -0.15) is 0 Å². The Labute approximate surface area is 123 Å². The van der Waals surface area contributed by atoms with Crippen molar-refractivity contribution >= 4 is 33.3 Å². The summed E-state index contributed by atoms with van der Waals surface area (Å²) in [6.45, 7) is 0. The van der Waals surface area contributed by atoms with Gasteiger partial charge in [0.1, 0.15) is 11.9 Å². The van der Waals surface area contributed by atoms with Crippen molar-refractivity contribution in [1.29, 1.82) is 0 Å². The van der Waals surface area contributed by atoms with Crippen molar-refractivity contribution in [2.75, 3.05) is 0 Å². The zero-order valence-corrected chi connectivity index (χ0v) is 12.2. The Hall–Kier alpha value is -1.13. The van der Waals surface area contributed by atoms with Gasteiger partial charge in [0.25, 0.3) is 0 Å². The highest BCUT2D eigenvalue weighted by Crippen LogP contribution is 2.31. The number of ketones is 1. The molecule has 0 aromatic heterocycles. The second kappa shape index (κ2) is 4.76. The second-order valence-electron chi connectivity index (χ2n) is 4.63. The minimum absolute atomic E-state index is 0.164. The number of carbonyl (C=O) groups is 1. The topological polar surface area (TPSA) is 29.1 Å². The zero-order valence-electron chi connectivity index (χ0n) is 9.84. The fourth-order valence-electron chi connectivity index (χ4n) is 2.56. The third kappa shape index (κ3) is 2.23. The van der Waals surface area contributed by atoms with Crippen molar-refractivity contribution < 1.29 is 9.18 Å². The average molecular weight is 343 g/mol. The van der Waals surface area contributed by atoms with Crippen LogP contribution in [0, 0.1) is 5.82 Å². The van der Waals surface area contributed by atoms with Gasteiger partial charge in [0.2, 0.25) is 0 Å². The van der Waals surface area contributed by atoms with Gasteiger partial charge in [-0.1, -0.05) is 11.6 Å². The Morgan fingerprint density at radius 1 is 1.37 bits per heavy atom. The number of hydrogen-bond acceptors (Lipinski definition) is 2. The third-order valence-electron chi connectivity index (χ3n) is 3.41. The van der Waals surface area contributed by atoms with Crippen LogP contribution >= 0.6 is 27.5 Å². The maximum absolute atomic E-state index is 14.0. The normalized spacial score (nSPS) is 21.6. The predicted molar refractivity (Wildman–Crippen MR) is 76.1 cm³/mol. The lowest BCUT2D eigenvalue weighted by atomic mass is 9.96. The van der Waals surface area contributed by atoms with Gasteiger partial charge in [0, 0.05) is 15.7 Å². The number of hydrogen-bond donors (Lipinski definition) is 1. The number of nitrogens with one attached hydrogen (secondary N) is 1. The van der Waals surface area contributed by atoms with Crippen LogP contribution in [0.4, 0.5) is 4.39 Å². The first kappa shape index (κ1) is 12.9. The van der Waals surface area contributed by atoms with Crippen LogP contribution in [0.2, 0.25) is 5.02 Å². The molecule has 2 nitrogen and oxygen atoms in total. The number of benzene rings is 1. The highest BCUT2D eigenvalue weighted by molar-refractivity contribution is 9.11. The summed E-state index contributed by atoms with van der Waals surface area (Å²) in [5.74, 6) is -0.770. The van der Waals surface area contributed by atoms with Gasteiger partial charge >= 0.3 is 0 Å². The van der Waals surface area contributed by atoms with E-state index in [1.165, 1.54) is 6.07 Å². The van der Waals surface area contributed by atoms with Gasteiger partial charge in [-0.15, -0.1) is 0 Å². The van der Waals surface area contributed by atoms with Crippen LogP contribution in [0.3, 0.4) is 0 Å². The number of dihydropyridines is 1. The van der Waals surface area contributed by atoms with Gasteiger partial charge in [-0.3, -0.25) is 4.79 Å². The Kier molecular flexibility index (Phi) is 3.23. The molecule has 0 saturated heterocycles. The minimum atomic E-state index is -0.538. The Morgan fingerprint density at radius 3 is 2.95 bits per heavy atom. The SMILES string of the molecule is O=C1c2c(F)cc(Cl)cc2CCC2=CC(Br)=CNC12. The lowest BCUT2D eigenvalue weighted by molar-refractivity contribution is 0.0960. The molecular formula is C14H10BrClFNO. The summed E-state index contributed by atoms with van der Waals surface area (Å²) in [6.07, 6.45) is 4.96. The van der Waals surface area contributed by atoms with Crippen molar-refractivity contribution in [2.24, 2.45) is 0 Å². The molecule has 5 heteroatoms. The zero-order chi connectivity index (χ0) is 13.6. The van der Waals surface area contributed by atoms with Crippen LogP contribution in [-0.2, 0) is 6.42 Å². The first-order valence-electron chi connectivity index (χ1n) is 5.90. The molecule has 98 valence electrons. The summed E-state index contributed by atoms with van der Waals surface area (Å²) in [6, 6.07) is 2.40. The van der Waals surface area contributed by atoms with E-state index in [1.807, 2.05) is 6.08 Å². The summed E-state index contributed by atoms with van der Waals surface area (Å²) >= 11 is 9.23. The molecule has 1 aromatic rings. The summed E-state index contributed by atoms with van der Waals surface area (Å²) in [7, 11) is 0. The molecule has 1 heterocycles. The molecule has 2 aliphatic rings. The molecule has 0 bridgehead atoms. The second-order valence-corrected chi connectivity index (χ2v) is 5.99. The fourth-order valence-corrected chi connectivity index (χ4v) is 3.21. The highest BCUT2D eigenvalue weighted by atomic mass is 79.9. The highest BCUT2D eigenvalue weighted by Gasteiger charge is 2.32. The van der Waals surface area contributed by atoms with Crippen LogP contribution in [0.1, 0.15) is 22.3 Å². The number of aryl methyl sites for hydroxylation is 1. The van der Waals surface area contributed by atoms with E-state index in [1.54, 1.807) is 12.3 Å². The number of allylic oxidation sites excluding steroid dienone is 2. The van der Waals surface area contributed by atoms with E-state index in [0.717, 1.165) is 10.1 Å². The number of rotatable bonds is 0. The largest absolute Gasteiger partial charge is 0.377 e. The molecule has 0 fully saturated rings. The molecular weight excluding hydrogens is 333 g/mol. The standard InChI is InChI=1S/C14H10BrClFNO/c15-9-3-8-2-1-7-4-10(16)5-11(17)12(7)14(19)13(8)18-6-9/h3-6,13,18H,1-2H2. The van der Waals surface area contributed by atoms with Crippen LogP contribution in [0.15, 0.2) is 34.5 Å². The predicted octanol–water partition coefficient (Wildman–Crippen LogP) is 3.74. The van der Waals surface area contributed by atoms with Gasteiger partial charge in [0.05, 0.1) is 5.56 Å². The van der Waals surface area contributed by atoms with E-state index in [-0.39, 0.29) is 11.3 Å². The molecule has 1 aliphatic carbocycles. The summed E-state index contributed by atoms with van der Waals surface area (Å²) in [5.41, 5.74) is 1.81. The minimum Gasteiger partial charge on any atom is -0.377 e. The van der Waals surface area contributed by atoms with E-state index >= 15 is 0 Å². The van der Waals surface area contributed by atoms with E-state index in [9.17, 15) is 9.18 Å². The maximum Gasteiger partial charge on any atom is 0.192 e. The van der Waals surface area contributed by atoms with Crippen LogP contribution in [0.5, 0.6) is 0 Å². The summed E-state index contributed by atoms with van der Waals surface area (Å²) in [5, 5.41) is 3.35. The molecule has 19 heavy (non-hydrogen) atoms. The molecule has 0 saturated carbocycles. The maximum atomic E-state index is 14.0. The van der Waals surface area contributed by atoms with Crippen molar-refractivity contribution in [1.82, 2.24) is 5.32 Å². The third-order valence-corrected chi connectivity index (χ3v) is 4.09. The van der Waals surface area contributed by atoms with Gasteiger partial charge in [-0.25, -0.2) is 4.39 Å². The Balaban J connectivity index is 2.12. The number of halogens is 3. The van der Waals surface area contributed by atoms with Crippen LogP contribution in [-0.4, -0.2) is 11.8 Å². The molecule has 1 atom stereocenters. The van der Waals surface area contributed by atoms with Crippen molar-refractivity contribution in [3.63, 3.8) is 0 Å². The molecule has 1 aromatic carbocycles. The lowest BCUT2D eigenvalue weighted by Crippen LogP contribution is -2.36. The first-order valence-corrected chi connectivity index (χ1v) is 7.07. The average Bonchev–Trinajstić information content (AvgIpc) is 2.47. The number of Topliss-reactive ketones (excluding diaryl/α,β-unsaturated/α-hetero) is 1. The molecule has 0 spiro atoms. The van der Waals surface area contributed by atoms with Gasteiger partial charge in [0.15, 0.2) is 5.78 Å².